The zero-order chi connectivity index (χ0) is 34.4. The molecule has 7 rings (SSSR count). The molecule has 16 heteroatoms. The molecule has 3 aliphatic heterocycles. The van der Waals surface area contributed by atoms with Crippen molar-refractivity contribution in [1.82, 2.24) is 12.9 Å². The normalized spacial score (nSPS) is 19.7. The summed E-state index contributed by atoms with van der Waals surface area (Å²) in [6.45, 7) is 4.64. The highest BCUT2D eigenvalue weighted by Gasteiger charge is 2.36. The van der Waals surface area contributed by atoms with Gasteiger partial charge in [0.05, 0.1) is 60.9 Å². The summed E-state index contributed by atoms with van der Waals surface area (Å²) in [6, 6.07) is 9.48. The third kappa shape index (κ3) is 6.18. The van der Waals surface area contributed by atoms with E-state index in [1.54, 1.807) is 30.3 Å². The number of hydrogen-bond acceptors (Lipinski definition) is 10. The molecule has 0 unspecified atom stereocenters. The van der Waals surface area contributed by atoms with Gasteiger partial charge in [0.15, 0.2) is 0 Å². The topological polar surface area (TPSA) is 149 Å². The molecule has 0 saturated carbocycles. The van der Waals surface area contributed by atoms with Gasteiger partial charge in [0.1, 0.15) is 5.75 Å². The Morgan fingerprint density at radius 1 is 0.551 bits per heavy atom. The first-order valence-corrected chi connectivity index (χ1v) is 21.0. The summed E-state index contributed by atoms with van der Waals surface area (Å²) in [5, 5.41) is 2.33. The number of sulfonamides is 3. The molecule has 0 spiro atoms. The first kappa shape index (κ1) is 34.8. The van der Waals surface area contributed by atoms with Crippen LogP contribution in [-0.4, -0.2) is 124 Å². The van der Waals surface area contributed by atoms with E-state index in [1.165, 1.54) is 19.0 Å². The number of benzene rings is 4. The first-order chi connectivity index (χ1) is 23.6. The van der Waals surface area contributed by atoms with Gasteiger partial charge in [-0.05, 0) is 18.6 Å². The fourth-order valence-electron chi connectivity index (χ4n) is 6.94. The quantitative estimate of drug-likeness (QED) is 0.166. The van der Waals surface area contributed by atoms with Gasteiger partial charge in [-0.2, -0.15) is 12.9 Å². The molecular weight excluding hydrogens is 695 g/mol. The van der Waals surface area contributed by atoms with Gasteiger partial charge >= 0.3 is 0 Å². The lowest BCUT2D eigenvalue weighted by atomic mass is 9.93. The van der Waals surface area contributed by atoms with Crippen LogP contribution in [0.4, 0.5) is 0 Å². The largest absolute Gasteiger partial charge is 0.493 e. The van der Waals surface area contributed by atoms with E-state index in [-0.39, 0.29) is 93.6 Å². The van der Waals surface area contributed by atoms with Crippen LogP contribution in [0.5, 0.6) is 5.75 Å². The summed E-state index contributed by atoms with van der Waals surface area (Å²) in [5.41, 5.74) is 0. The minimum Gasteiger partial charge on any atom is -0.493 e. The molecule has 4 aromatic carbocycles. The molecule has 13 nitrogen and oxygen atoms in total. The molecule has 49 heavy (non-hydrogen) atoms. The summed E-state index contributed by atoms with van der Waals surface area (Å²) in [5.74, 6) is 0.337. The lowest BCUT2D eigenvalue weighted by molar-refractivity contribution is 0.0729. The van der Waals surface area contributed by atoms with Crippen molar-refractivity contribution < 1.29 is 44.2 Å². The van der Waals surface area contributed by atoms with E-state index in [0.29, 0.717) is 44.7 Å². The van der Waals surface area contributed by atoms with Gasteiger partial charge in [0, 0.05) is 77.7 Å². The third-order valence-electron chi connectivity index (χ3n) is 9.52. The second kappa shape index (κ2) is 13.8. The maximum Gasteiger partial charge on any atom is 0.243 e. The Bertz CT molecular complexity index is 2110. The number of rotatable bonds is 11. The van der Waals surface area contributed by atoms with Crippen LogP contribution < -0.4 is 4.74 Å². The average Bonchev–Trinajstić information content (AvgIpc) is 3.13. The number of morpholine rings is 3. The molecule has 266 valence electrons. The van der Waals surface area contributed by atoms with Crippen molar-refractivity contribution in [3.63, 3.8) is 0 Å². The Kier molecular flexibility index (Phi) is 9.79. The van der Waals surface area contributed by atoms with Gasteiger partial charge in [-0.3, -0.25) is 0 Å². The van der Waals surface area contributed by atoms with Gasteiger partial charge in [-0.1, -0.05) is 38.0 Å². The van der Waals surface area contributed by atoms with Crippen LogP contribution in [0.15, 0.2) is 51.1 Å². The summed E-state index contributed by atoms with van der Waals surface area (Å²) in [4.78, 5) is -0.300. The molecule has 3 heterocycles. The molecule has 0 radical (unpaired) electrons. The summed E-state index contributed by atoms with van der Waals surface area (Å²) in [6.07, 6.45) is 2.66. The zero-order valence-corrected chi connectivity index (χ0v) is 29.9. The highest BCUT2D eigenvalue weighted by molar-refractivity contribution is 7.90. The molecule has 0 amide bonds. The summed E-state index contributed by atoms with van der Waals surface area (Å²) >= 11 is 0. The van der Waals surface area contributed by atoms with E-state index in [9.17, 15) is 25.3 Å². The smallest absolute Gasteiger partial charge is 0.243 e. The fourth-order valence-corrected chi connectivity index (χ4v) is 11.9. The van der Waals surface area contributed by atoms with E-state index in [2.05, 4.69) is 6.92 Å². The molecule has 4 aromatic rings. The van der Waals surface area contributed by atoms with Gasteiger partial charge < -0.3 is 18.9 Å². The van der Waals surface area contributed by atoms with Crippen molar-refractivity contribution in [2.75, 3.05) is 85.5 Å². The van der Waals surface area contributed by atoms with Crippen LogP contribution in [0, 0.1) is 0 Å². The average molecular weight is 736 g/mol. The Morgan fingerprint density at radius 3 is 1.33 bits per heavy atom. The van der Waals surface area contributed by atoms with E-state index in [4.69, 9.17) is 18.9 Å². The van der Waals surface area contributed by atoms with Crippen molar-refractivity contribution in [3.05, 3.63) is 36.4 Å². The van der Waals surface area contributed by atoms with E-state index in [1.807, 2.05) is 0 Å². The SMILES string of the molecule is CCCCCOc1cc(S(=O)(=O)N2CCOCC2)c2ccc3c(S(=O)(=O)N4CCOCC4)cc(S(=O)(=O)N4CCOCC4)c4ccc1c2c43. The van der Waals surface area contributed by atoms with Gasteiger partial charge in [0.25, 0.3) is 0 Å². The predicted octanol–water partition coefficient (Wildman–Crippen LogP) is 3.22. The zero-order valence-electron chi connectivity index (χ0n) is 27.4. The summed E-state index contributed by atoms with van der Waals surface area (Å²) in [7, 11) is -12.5. The van der Waals surface area contributed by atoms with Crippen molar-refractivity contribution in [3.8, 4) is 5.75 Å². The molecule has 0 N–H and O–H groups in total. The monoisotopic (exact) mass is 735 g/mol. The molecule has 0 aliphatic carbocycles. The second-order valence-electron chi connectivity index (χ2n) is 12.4. The Morgan fingerprint density at radius 2 is 0.918 bits per heavy atom. The Labute approximate surface area is 287 Å². The van der Waals surface area contributed by atoms with Crippen LogP contribution in [0.2, 0.25) is 0 Å². The number of unbranched alkanes of at least 4 members (excludes halogenated alkanes) is 2. The lowest BCUT2D eigenvalue weighted by Crippen LogP contribution is -2.41. The molecule has 0 aromatic heterocycles. The fraction of sp³-hybridized carbons (Fsp3) is 0.515. The second-order valence-corrected chi connectivity index (χ2v) is 18.1. The minimum atomic E-state index is -4.21. The Hall–Kier alpha value is -2.67. The van der Waals surface area contributed by atoms with Gasteiger partial charge in [0.2, 0.25) is 30.1 Å². The Balaban J connectivity index is 1.56. The number of ether oxygens (including phenoxy) is 4. The molecular formula is C33H41N3O10S3. The number of hydrogen-bond donors (Lipinski definition) is 0. The molecule has 3 saturated heterocycles. The molecule has 0 bridgehead atoms. The van der Waals surface area contributed by atoms with Crippen LogP contribution in [0.1, 0.15) is 26.2 Å². The molecule has 3 fully saturated rings. The van der Waals surface area contributed by atoms with E-state index < -0.39 is 30.1 Å². The van der Waals surface area contributed by atoms with Gasteiger partial charge in [-0.15, -0.1) is 0 Å². The molecule has 0 atom stereocenters. The number of nitrogens with zero attached hydrogens (tertiary/aromatic N) is 3. The highest BCUT2D eigenvalue weighted by atomic mass is 32.2. The van der Waals surface area contributed by atoms with E-state index >= 15 is 0 Å². The van der Waals surface area contributed by atoms with Crippen LogP contribution in [0.25, 0.3) is 32.3 Å². The molecule has 3 aliphatic rings. The first-order valence-electron chi connectivity index (χ1n) is 16.7. The third-order valence-corrected chi connectivity index (χ3v) is 15.3. The van der Waals surface area contributed by atoms with Crippen LogP contribution >= 0.6 is 0 Å². The van der Waals surface area contributed by atoms with Crippen molar-refractivity contribution >= 4 is 62.4 Å². The minimum absolute atomic E-state index is 0.0146. The van der Waals surface area contributed by atoms with Crippen molar-refractivity contribution in [2.45, 2.75) is 40.9 Å². The highest BCUT2D eigenvalue weighted by Crippen LogP contribution is 2.46. The predicted molar refractivity (Wildman–Crippen MR) is 184 cm³/mol. The van der Waals surface area contributed by atoms with Crippen LogP contribution in [0.3, 0.4) is 0 Å². The van der Waals surface area contributed by atoms with Crippen molar-refractivity contribution in [2.24, 2.45) is 0 Å². The van der Waals surface area contributed by atoms with Crippen LogP contribution in [-0.2, 0) is 44.3 Å². The maximum atomic E-state index is 14.4. The lowest BCUT2D eigenvalue weighted by Gasteiger charge is -2.30. The van der Waals surface area contributed by atoms with E-state index in [0.717, 1.165) is 19.3 Å². The summed E-state index contributed by atoms with van der Waals surface area (Å²) < 4.78 is 113. The standard InChI is InChI=1S/C33H41N3O10S3/c1-2-3-4-15-46-28-22-29(47(37,38)34-9-16-43-17-10-34)25-7-8-27-31(49(41,42)36-13-20-45-21-14-36)23-30(26-6-5-24(28)32(25)33(26)27)48(39,40)35-11-18-44-19-12-35/h5-8,22-23H,2-4,9-21H2,1H3. The van der Waals surface area contributed by atoms with Crippen molar-refractivity contribution in [1.29, 1.82) is 0 Å². The maximum absolute atomic E-state index is 14.4. The van der Waals surface area contributed by atoms with Gasteiger partial charge in [-0.25, -0.2) is 25.3 Å².